The van der Waals surface area contributed by atoms with E-state index in [2.05, 4.69) is 5.32 Å². The minimum atomic E-state index is -3.10. The summed E-state index contributed by atoms with van der Waals surface area (Å²) < 4.78 is 28.8. The van der Waals surface area contributed by atoms with E-state index in [1.54, 1.807) is 31.2 Å². The van der Waals surface area contributed by atoms with Crippen molar-refractivity contribution in [3.63, 3.8) is 0 Å². The topological polar surface area (TPSA) is 55.4 Å². The van der Waals surface area contributed by atoms with Gasteiger partial charge in [-0.25, -0.2) is 8.42 Å². The standard InChI is InChI=1S/C13H19NO3S/c1-2-18(15,16)13-7-5-11(6-8-13)14-10-12-4-3-9-17-12/h5-8,12,14H,2-4,9-10H2,1H3. The molecule has 100 valence electrons. The zero-order valence-electron chi connectivity index (χ0n) is 10.6. The monoisotopic (exact) mass is 269 g/mol. The number of nitrogens with one attached hydrogen (secondary N) is 1. The number of hydrogen-bond donors (Lipinski definition) is 1. The Hall–Kier alpha value is -1.07. The van der Waals surface area contributed by atoms with E-state index in [-0.39, 0.29) is 11.9 Å². The SMILES string of the molecule is CCS(=O)(=O)c1ccc(NCC2CCCO2)cc1. The molecule has 0 radical (unpaired) electrons. The van der Waals surface area contributed by atoms with Gasteiger partial charge in [-0.3, -0.25) is 0 Å². The third kappa shape index (κ3) is 3.23. The number of anilines is 1. The molecular formula is C13H19NO3S. The maximum atomic E-state index is 11.6. The molecule has 0 spiro atoms. The summed E-state index contributed by atoms with van der Waals surface area (Å²) in [6, 6.07) is 6.91. The van der Waals surface area contributed by atoms with Gasteiger partial charge in [0, 0.05) is 18.8 Å². The van der Waals surface area contributed by atoms with E-state index < -0.39 is 9.84 Å². The molecule has 1 atom stereocenters. The van der Waals surface area contributed by atoms with Crippen LogP contribution in [0.3, 0.4) is 0 Å². The fourth-order valence-corrected chi connectivity index (χ4v) is 2.87. The third-order valence-electron chi connectivity index (χ3n) is 3.15. The predicted molar refractivity (Wildman–Crippen MR) is 71.6 cm³/mol. The molecular weight excluding hydrogens is 250 g/mol. The fourth-order valence-electron chi connectivity index (χ4n) is 1.98. The molecule has 0 aliphatic carbocycles. The van der Waals surface area contributed by atoms with Gasteiger partial charge >= 0.3 is 0 Å². The molecule has 1 N–H and O–H groups in total. The van der Waals surface area contributed by atoms with Crippen molar-refractivity contribution in [2.45, 2.75) is 30.8 Å². The average molecular weight is 269 g/mol. The molecule has 1 aliphatic rings. The third-order valence-corrected chi connectivity index (χ3v) is 4.90. The van der Waals surface area contributed by atoms with Gasteiger partial charge in [-0.05, 0) is 37.1 Å². The van der Waals surface area contributed by atoms with Crippen molar-refractivity contribution in [3.05, 3.63) is 24.3 Å². The van der Waals surface area contributed by atoms with Crippen molar-refractivity contribution in [2.75, 3.05) is 24.2 Å². The van der Waals surface area contributed by atoms with Crippen molar-refractivity contribution in [3.8, 4) is 0 Å². The molecule has 18 heavy (non-hydrogen) atoms. The normalized spacial score (nSPS) is 19.9. The van der Waals surface area contributed by atoms with Gasteiger partial charge < -0.3 is 10.1 Å². The molecule has 1 unspecified atom stereocenters. The van der Waals surface area contributed by atoms with Crippen LogP contribution in [0.5, 0.6) is 0 Å². The lowest BCUT2D eigenvalue weighted by Gasteiger charge is -2.12. The van der Waals surface area contributed by atoms with Crippen molar-refractivity contribution in [2.24, 2.45) is 0 Å². The van der Waals surface area contributed by atoms with Gasteiger partial charge in [0.15, 0.2) is 9.84 Å². The summed E-state index contributed by atoms with van der Waals surface area (Å²) in [5.74, 6) is 0.135. The van der Waals surface area contributed by atoms with E-state index in [0.717, 1.165) is 31.7 Å². The molecule has 0 bridgehead atoms. The predicted octanol–water partition coefficient (Wildman–Crippen LogP) is 2.07. The summed E-state index contributed by atoms with van der Waals surface area (Å²) in [5, 5.41) is 3.26. The van der Waals surface area contributed by atoms with Gasteiger partial charge in [0.05, 0.1) is 16.8 Å². The number of rotatable bonds is 5. The van der Waals surface area contributed by atoms with Crippen LogP contribution in [-0.4, -0.2) is 33.4 Å². The van der Waals surface area contributed by atoms with Gasteiger partial charge in [0.2, 0.25) is 0 Å². The minimum absolute atomic E-state index is 0.135. The Kier molecular flexibility index (Phi) is 4.24. The lowest BCUT2D eigenvalue weighted by Crippen LogP contribution is -2.18. The first kappa shape index (κ1) is 13.4. The molecule has 0 saturated carbocycles. The maximum Gasteiger partial charge on any atom is 0.178 e. The van der Waals surface area contributed by atoms with E-state index in [1.165, 1.54) is 0 Å². The van der Waals surface area contributed by atoms with Gasteiger partial charge in [-0.2, -0.15) is 0 Å². The fraction of sp³-hybridized carbons (Fsp3) is 0.538. The molecule has 4 nitrogen and oxygen atoms in total. The van der Waals surface area contributed by atoms with Gasteiger partial charge in [0.25, 0.3) is 0 Å². The average Bonchev–Trinajstić information content (AvgIpc) is 2.90. The maximum absolute atomic E-state index is 11.6. The highest BCUT2D eigenvalue weighted by molar-refractivity contribution is 7.91. The van der Waals surface area contributed by atoms with Crippen molar-refractivity contribution < 1.29 is 13.2 Å². The van der Waals surface area contributed by atoms with Crippen LogP contribution in [0.2, 0.25) is 0 Å². The molecule has 5 heteroatoms. The number of sulfone groups is 1. The molecule has 0 aromatic heterocycles. The summed E-state index contributed by atoms with van der Waals surface area (Å²) in [6.07, 6.45) is 2.50. The van der Waals surface area contributed by atoms with Crippen LogP contribution >= 0.6 is 0 Å². The number of hydrogen-bond acceptors (Lipinski definition) is 4. The van der Waals surface area contributed by atoms with E-state index in [0.29, 0.717) is 4.90 Å². The summed E-state index contributed by atoms with van der Waals surface area (Å²) in [7, 11) is -3.10. The molecule has 1 aromatic rings. The van der Waals surface area contributed by atoms with Crippen LogP contribution in [0, 0.1) is 0 Å². The first-order valence-corrected chi connectivity index (χ1v) is 7.95. The summed E-state index contributed by atoms with van der Waals surface area (Å²) in [5.41, 5.74) is 0.931. The molecule has 1 saturated heterocycles. The minimum Gasteiger partial charge on any atom is -0.382 e. The highest BCUT2D eigenvalue weighted by atomic mass is 32.2. The van der Waals surface area contributed by atoms with Crippen LogP contribution in [0.1, 0.15) is 19.8 Å². The summed E-state index contributed by atoms with van der Waals surface area (Å²) in [6.45, 7) is 3.28. The van der Waals surface area contributed by atoms with Crippen LogP contribution < -0.4 is 5.32 Å². The Balaban J connectivity index is 1.95. The highest BCUT2D eigenvalue weighted by Gasteiger charge is 2.15. The van der Waals surface area contributed by atoms with Crippen molar-refractivity contribution >= 4 is 15.5 Å². The second-order valence-electron chi connectivity index (χ2n) is 4.44. The highest BCUT2D eigenvalue weighted by Crippen LogP contribution is 2.17. The molecule has 1 aromatic carbocycles. The van der Waals surface area contributed by atoms with E-state index in [4.69, 9.17) is 4.74 Å². The van der Waals surface area contributed by atoms with Gasteiger partial charge in [0.1, 0.15) is 0 Å². The van der Waals surface area contributed by atoms with E-state index in [9.17, 15) is 8.42 Å². The van der Waals surface area contributed by atoms with E-state index >= 15 is 0 Å². The first-order valence-electron chi connectivity index (χ1n) is 6.30. The smallest absolute Gasteiger partial charge is 0.178 e. The zero-order valence-corrected chi connectivity index (χ0v) is 11.4. The molecule has 1 fully saturated rings. The molecule has 0 amide bonds. The van der Waals surface area contributed by atoms with Crippen molar-refractivity contribution in [1.29, 1.82) is 0 Å². The molecule has 1 aliphatic heterocycles. The second-order valence-corrected chi connectivity index (χ2v) is 6.72. The van der Waals surface area contributed by atoms with Crippen LogP contribution in [0.4, 0.5) is 5.69 Å². The Bertz CT molecular complexity index is 475. The van der Waals surface area contributed by atoms with E-state index in [1.807, 2.05) is 0 Å². The number of ether oxygens (including phenoxy) is 1. The molecule has 2 rings (SSSR count). The zero-order chi connectivity index (χ0) is 13.0. The Morgan fingerprint density at radius 2 is 2.06 bits per heavy atom. The molecule has 1 heterocycles. The Morgan fingerprint density at radius 3 is 2.61 bits per heavy atom. The Labute approximate surface area is 108 Å². The number of benzene rings is 1. The van der Waals surface area contributed by atoms with Gasteiger partial charge in [-0.1, -0.05) is 6.92 Å². The lowest BCUT2D eigenvalue weighted by molar-refractivity contribution is 0.120. The largest absolute Gasteiger partial charge is 0.382 e. The van der Waals surface area contributed by atoms with Crippen LogP contribution in [0.15, 0.2) is 29.2 Å². The lowest BCUT2D eigenvalue weighted by atomic mass is 10.2. The van der Waals surface area contributed by atoms with Gasteiger partial charge in [-0.15, -0.1) is 0 Å². The van der Waals surface area contributed by atoms with Crippen molar-refractivity contribution in [1.82, 2.24) is 0 Å². The van der Waals surface area contributed by atoms with Crippen LogP contribution in [0.25, 0.3) is 0 Å². The summed E-state index contributed by atoms with van der Waals surface area (Å²) in [4.78, 5) is 0.382. The quantitative estimate of drug-likeness (QED) is 0.889. The summed E-state index contributed by atoms with van der Waals surface area (Å²) >= 11 is 0. The Morgan fingerprint density at radius 1 is 1.33 bits per heavy atom. The van der Waals surface area contributed by atoms with Crippen LogP contribution in [-0.2, 0) is 14.6 Å². The second kappa shape index (κ2) is 5.71. The first-order chi connectivity index (χ1) is 8.62.